The molecule has 24 heavy (non-hydrogen) atoms. The molecule has 5 heteroatoms. The van der Waals surface area contributed by atoms with Crippen molar-refractivity contribution in [2.75, 3.05) is 44.2 Å². The minimum atomic E-state index is 0.627. The van der Waals surface area contributed by atoms with Crippen LogP contribution in [0.15, 0.2) is 48.5 Å². The number of piperazine rings is 1. The molecule has 2 aromatic rings. The molecule has 3 rings (SSSR count). The van der Waals surface area contributed by atoms with E-state index >= 15 is 0 Å². The van der Waals surface area contributed by atoms with Crippen molar-refractivity contribution in [3.63, 3.8) is 0 Å². The first-order valence-electron chi connectivity index (χ1n) is 8.10. The highest BCUT2D eigenvalue weighted by molar-refractivity contribution is 6.30. The third-order valence-electron chi connectivity index (χ3n) is 4.19. The first kappa shape index (κ1) is 16.6. The van der Waals surface area contributed by atoms with Crippen LogP contribution in [-0.2, 0) is 0 Å². The average molecular weight is 342 g/mol. The predicted molar refractivity (Wildman–Crippen MR) is 96.8 cm³/mol. The van der Waals surface area contributed by atoms with Gasteiger partial charge in [0.2, 0.25) is 0 Å². The highest BCUT2D eigenvalue weighted by Crippen LogP contribution is 2.20. The Morgan fingerprint density at radius 3 is 2.58 bits per heavy atom. The summed E-state index contributed by atoms with van der Waals surface area (Å²) >= 11 is 6.07. The molecule has 1 heterocycles. The SMILES string of the molecule is N#Cc1cccc(OCCN2CCN(c3cccc(Cl)c3)CC2)c1. The monoisotopic (exact) mass is 341 g/mol. The maximum Gasteiger partial charge on any atom is 0.120 e. The van der Waals surface area contributed by atoms with Gasteiger partial charge in [-0.1, -0.05) is 23.7 Å². The van der Waals surface area contributed by atoms with E-state index in [0.29, 0.717) is 12.2 Å². The Bertz CT molecular complexity index is 721. The number of anilines is 1. The maximum absolute atomic E-state index is 8.90. The molecule has 1 aliphatic heterocycles. The van der Waals surface area contributed by atoms with E-state index in [1.807, 2.05) is 30.3 Å². The van der Waals surface area contributed by atoms with E-state index in [1.54, 1.807) is 12.1 Å². The van der Waals surface area contributed by atoms with Gasteiger partial charge in [0.25, 0.3) is 0 Å². The molecule has 1 fully saturated rings. The summed E-state index contributed by atoms with van der Waals surface area (Å²) in [7, 11) is 0. The van der Waals surface area contributed by atoms with E-state index in [2.05, 4.69) is 21.9 Å². The van der Waals surface area contributed by atoms with Gasteiger partial charge in [-0.15, -0.1) is 0 Å². The molecule has 0 saturated carbocycles. The second kappa shape index (κ2) is 8.05. The second-order valence-electron chi connectivity index (χ2n) is 5.80. The predicted octanol–water partition coefficient (Wildman–Crippen LogP) is 3.41. The second-order valence-corrected chi connectivity index (χ2v) is 6.23. The van der Waals surface area contributed by atoms with E-state index in [-0.39, 0.29) is 0 Å². The van der Waals surface area contributed by atoms with Crippen LogP contribution in [0.1, 0.15) is 5.56 Å². The van der Waals surface area contributed by atoms with Crippen LogP contribution < -0.4 is 9.64 Å². The van der Waals surface area contributed by atoms with Gasteiger partial charge in [0, 0.05) is 43.4 Å². The van der Waals surface area contributed by atoms with Crippen LogP contribution in [0, 0.1) is 11.3 Å². The quantitative estimate of drug-likeness (QED) is 0.835. The number of hydrogen-bond acceptors (Lipinski definition) is 4. The van der Waals surface area contributed by atoms with Gasteiger partial charge in [-0.3, -0.25) is 4.90 Å². The molecule has 124 valence electrons. The van der Waals surface area contributed by atoms with Gasteiger partial charge in [0.05, 0.1) is 11.6 Å². The molecule has 0 radical (unpaired) electrons. The first-order valence-corrected chi connectivity index (χ1v) is 8.48. The van der Waals surface area contributed by atoms with Crippen molar-refractivity contribution in [3.8, 4) is 11.8 Å². The normalized spacial score (nSPS) is 15.1. The summed E-state index contributed by atoms with van der Waals surface area (Å²) in [5.41, 5.74) is 1.81. The summed E-state index contributed by atoms with van der Waals surface area (Å²) in [5, 5.41) is 9.68. The highest BCUT2D eigenvalue weighted by atomic mass is 35.5. The summed E-state index contributed by atoms with van der Waals surface area (Å²) in [6, 6.07) is 17.4. The van der Waals surface area contributed by atoms with Crippen LogP contribution in [0.5, 0.6) is 5.75 Å². The molecular formula is C19H20ClN3O. The van der Waals surface area contributed by atoms with E-state index < -0.39 is 0 Å². The molecule has 1 aliphatic rings. The van der Waals surface area contributed by atoms with E-state index in [9.17, 15) is 0 Å². The van der Waals surface area contributed by atoms with Crippen LogP contribution >= 0.6 is 11.6 Å². The van der Waals surface area contributed by atoms with Crippen molar-refractivity contribution in [1.29, 1.82) is 5.26 Å². The Morgan fingerprint density at radius 1 is 1.04 bits per heavy atom. The number of benzene rings is 2. The van der Waals surface area contributed by atoms with Gasteiger partial charge in [0.15, 0.2) is 0 Å². The van der Waals surface area contributed by atoms with Crippen molar-refractivity contribution in [2.45, 2.75) is 0 Å². The smallest absolute Gasteiger partial charge is 0.120 e. The average Bonchev–Trinajstić information content (AvgIpc) is 2.62. The third-order valence-corrected chi connectivity index (χ3v) is 4.42. The summed E-state index contributed by atoms with van der Waals surface area (Å²) in [6.45, 7) is 5.52. The van der Waals surface area contributed by atoms with Gasteiger partial charge in [-0.05, 0) is 36.4 Å². The molecular weight excluding hydrogens is 322 g/mol. The number of ether oxygens (including phenoxy) is 1. The lowest BCUT2D eigenvalue weighted by Crippen LogP contribution is -2.47. The third kappa shape index (κ3) is 4.41. The zero-order valence-corrected chi connectivity index (χ0v) is 14.2. The van der Waals surface area contributed by atoms with Crippen molar-refractivity contribution in [2.24, 2.45) is 0 Å². The molecule has 0 aromatic heterocycles. The molecule has 0 aliphatic carbocycles. The molecule has 0 atom stereocenters. The standard InChI is InChI=1S/C19H20ClN3O/c20-17-4-2-5-18(14-17)23-9-7-22(8-10-23)11-12-24-19-6-1-3-16(13-19)15-21/h1-6,13-14H,7-12H2. The van der Waals surface area contributed by atoms with Gasteiger partial charge in [-0.25, -0.2) is 0 Å². The number of nitrogens with zero attached hydrogens (tertiary/aromatic N) is 3. The zero-order chi connectivity index (χ0) is 16.8. The van der Waals surface area contributed by atoms with Crippen LogP contribution in [-0.4, -0.2) is 44.2 Å². The Balaban J connectivity index is 1.43. The summed E-state index contributed by atoms with van der Waals surface area (Å²) in [4.78, 5) is 4.76. The topological polar surface area (TPSA) is 39.5 Å². The minimum Gasteiger partial charge on any atom is -0.492 e. The fourth-order valence-corrected chi connectivity index (χ4v) is 3.04. The Morgan fingerprint density at radius 2 is 1.83 bits per heavy atom. The number of nitriles is 1. The van der Waals surface area contributed by atoms with Gasteiger partial charge in [-0.2, -0.15) is 5.26 Å². The van der Waals surface area contributed by atoms with Crippen LogP contribution in [0.4, 0.5) is 5.69 Å². The van der Waals surface area contributed by atoms with Gasteiger partial charge in [0.1, 0.15) is 12.4 Å². The summed E-state index contributed by atoms with van der Waals surface area (Å²) in [5.74, 6) is 0.756. The molecule has 0 N–H and O–H groups in total. The van der Waals surface area contributed by atoms with E-state index in [1.165, 1.54) is 5.69 Å². The molecule has 0 bridgehead atoms. The Labute approximate surface area is 147 Å². The molecule has 4 nitrogen and oxygen atoms in total. The first-order chi connectivity index (χ1) is 11.7. The van der Waals surface area contributed by atoms with Gasteiger partial charge < -0.3 is 9.64 Å². The Hall–Kier alpha value is -2.22. The summed E-state index contributed by atoms with van der Waals surface area (Å²) < 4.78 is 5.75. The molecule has 0 amide bonds. The number of hydrogen-bond donors (Lipinski definition) is 0. The molecule has 0 unspecified atom stereocenters. The number of rotatable bonds is 5. The Kier molecular flexibility index (Phi) is 5.58. The number of halogens is 1. The van der Waals surface area contributed by atoms with Crippen LogP contribution in [0.2, 0.25) is 5.02 Å². The van der Waals surface area contributed by atoms with Crippen molar-refractivity contribution < 1.29 is 4.74 Å². The van der Waals surface area contributed by atoms with Crippen molar-refractivity contribution in [1.82, 2.24) is 4.90 Å². The largest absolute Gasteiger partial charge is 0.492 e. The van der Waals surface area contributed by atoms with E-state index in [4.69, 9.17) is 21.6 Å². The minimum absolute atomic E-state index is 0.627. The van der Waals surface area contributed by atoms with Crippen LogP contribution in [0.3, 0.4) is 0 Å². The molecule has 2 aromatic carbocycles. The molecule has 1 saturated heterocycles. The maximum atomic E-state index is 8.90. The van der Waals surface area contributed by atoms with Crippen molar-refractivity contribution >= 4 is 17.3 Å². The van der Waals surface area contributed by atoms with Gasteiger partial charge >= 0.3 is 0 Å². The highest BCUT2D eigenvalue weighted by Gasteiger charge is 2.17. The summed E-state index contributed by atoms with van der Waals surface area (Å²) in [6.07, 6.45) is 0. The molecule has 0 spiro atoms. The van der Waals surface area contributed by atoms with E-state index in [0.717, 1.165) is 43.5 Å². The fraction of sp³-hybridized carbons (Fsp3) is 0.316. The van der Waals surface area contributed by atoms with Crippen LogP contribution in [0.25, 0.3) is 0 Å². The van der Waals surface area contributed by atoms with Crippen molar-refractivity contribution in [3.05, 3.63) is 59.1 Å². The lowest BCUT2D eigenvalue weighted by molar-refractivity contribution is 0.200. The zero-order valence-electron chi connectivity index (χ0n) is 13.5. The lowest BCUT2D eigenvalue weighted by Gasteiger charge is -2.36. The lowest BCUT2D eigenvalue weighted by atomic mass is 10.2. The fourth-order valence-electron chi connectivity index (χ4n) is 2.85.